The van der Waals surface area contributed by atoms with E-state index in [4.69, 9.17) is 9.47 Å². The lowest BCUT2D eigenvalue weighted by Gasteiger charge is -2.15. The number of benzene rings is 3. The SMILES string of the molecule is CNC(=O)COc1ccc(Cc2c(-c3ccc(OCCN4CCCC4)cc3)sc3ccccc23)cc1.Cl. The highest BCUT2D eigenvalue weighted by Gasteiger charge is 2.15. The minimum Gasteiger partial charge on any atom is -0.492 e. The van der Waals surface area contributed by atoms with Crippen molar-refractivity contribution in [3.8, 4) is 21.9 Å². The summed E-state index contributed by atoms with van der Waals surface area (Å²) in [6.45, 7) is 4.15. The molecule has 1 fully saturated rings. The minimum atomic E-state index is -0.142. The molecular formula is C30H33ClN2O3S. The summed E-state index contributed by atoms with van der Waals surface area (Å²) < 4.78 is 12.9. The van der Waals surface area contributed by atoms with Crippen molar-refractivity contribution in [2.75, 3.05) is 39.9 Å². The third-order valence-electron chi connectivity index (χ3n) is 6.64. The van der Waals surface area contributed by atoms with Crippen LogP contribution in [0.2, 0.25) is 0 Å². The van der Waals surface area contributed by atoms with Crippen LogP contribution in [0.5, 0.6) is 11.5 Å². The van der Waals surface area contributed by atoms with Gasteiger partial charge in [0.2, 0.25) is 0 Å². The molecule has 0 unspecified atom stereocenters. The molecule has 0 aliphatic carbocycles. The maximum Gasteiger partial charge on any atom is 0.257 e. The summed E-state index contributed by atoms with van der Waals surface area (Å²) in [7, 11) is 1.60. The van der Waals surface area contributed by atoms with Crippen molar-refractivity contribution in [1.82, 2.24) is 10.2 Å². The molecular weight excluding hydrogens is 504 g/mol. The monoisotopic (exact) mass is 536 g/mol. The van der Waals surface area contributed by atoms with Gasteiger partial charge in [-0.3, -0.25) is 9.69 Å². The normalized spacial score (nSPS) is 13.3. The third-order valence-corrected chi connectivity index (χ3v) is 7.90. The first-order chi connectivity index (χ1) is 17.7. The van der Waals surface area contributed by atoms with Gasteiger partial charge in [0, 0.05) is 23.2 Å². The van der Waals surface area contributed by atoms with E-state index in [-0.39, 0.29) is 24.9 Å². The highest BCUT2D eigenvalue weighted by atomic mass is 35.5. The van der Waals surface area contributed by atoms with E-state index in [9.17, 15) is 4.79 Å². The molecule has 3 aromatic carbocycles. The fraction of sp³-hybridized carbons (Fsp3) is 0.300. The molecule has 7 heteroatoms. The van der Waals surface area contributed by atoms with Crippen LogP contribution < -0.4 is 14.8 Å². The number of ether oxygens (including phenoxy) is 2. The molecule has 1 N–H and O–H groups in total. The second kappa shape index (κ2) is 13.0. The number of hydrogen-bond acceptors (Lipinski definition) is 5. The number of likely N-dealkylation sites (N-methyl/N-ethyl adjacent to an activating group) is 1. The van der Waals surface area contributed by atoms with E-state index >= 15 is 0 Å². The lowest BCUT2D eigenvalue weighted by atomic mass is 9.99. The van der Waals surface area contributed by atoms with Gasteiger partial charge in [-0.25, -0.2) is 0 Å². The second-order valence-electron chi connectivity index (χ2n) is 9.11. The van der Waals surface area contributed by atoms with Gasteiger partial charge < -0.3 is 14.8 Å². The van der Waals surface area contributed by atoms with Crippen molar-refractivity contribution in [3.63, 3.8) is 0 Å². The Kier molecular flexibility index (Phi) is 9.45. The quantitative estimate of drug-likeness (QED) is 0.263. The zero-order chi connectivity index (χ0) is 24.7. The first-order valence-electron chi connectivity index (χ1n) is 12.6. The second-order valence-corrected chi connectivity index (χ2v) is 10.2. The van der Waals surface area contributed by atoms with Crippen LogP contribution in [-0.2, 0) is 11.2 Å². The number of hydrogen-bond donors (Lipinski definition) is 1. The van der Waals surface area contributed by atoms with Gasteiger partial charge in [-0.1, -0.05) is 30.3 Å². The molecule has 5 nitrogen and oxygen atoms in total. The summed E-state index contributed by atoms with van der Waals surface area (Å²) in [6, 6.07) is 25.2. The van der Waals surface area contributed by atoms with E-state index in [1.54, 1.807) is 7.05 Å². The van der Waals surface area contributed by atoms with E-state index in [0.29, 0.717) is 5.75 Å². The van der Waals surface area contributed by atoms with Crippen LogP contribution in [0.3, 0.4) is 0 Å². The Hall–Kier alpha value is -3.06. The number of amides is 1. The standard InChI is InChI=1S/C30H32N2O3S.ClH/c1-31-29(33)21-35-25-12-8-22(9-13-25)20-27-26-6-2-3-7-28(26)36-30(27)23-10-14-24(15-11-23)34-19-18-32-16-4-5-17-32;/h2-3,6-15H,4-5,16-21H2,1H3,(H,31,33);1H. The maximum atomic E-state index is 11.4. The molecule has 5 rings (SSSR count). The molecule has 1 aliphatic rings. The fourth-order valence-corrected chi connectivity index (χ4v) is 5.86. The minimum absolute atomic E-state index is 0. The van der Waals surface area contributed by atoms with Crippen LogP contribution in [0.25, 0.3) is 20.5 Å². The first kappa shape index (κ1) is 27.0. The fourth-order valence-electron chi connectivity index (χ4n) is 4.64. The lowest BCUT2D eigenvalue weighted by molar-refractivity contribution is -0.122. The van der Waals surface area contributed by atoms with E-state index < -0.39 is 0 Å². The summed E-state index contributed by atoms with van der Waals surface area (Å²) in [5.74, 6) is 1.47. The van der Waals surface area contributed by atoms with Crippen LogP contribution in [0.1, 0.15) is 24.0 Å². The Morgan fingerprint density at radius 1 is 0.919 bits per heavy atom. The predicted molar refractivity (Wildman–Crippen MR) is 154 cm³/mol. The summed E-state index contributed by atoms with van der Waals surface area (Å²) >= 11 is 1.84. The molecule has 0 radical (unpaired) electrons. The molecule has 37 heavy (non-hydrogen) atoms. The number of halogens is 1. The van der Waals surface area contributed by atoms with Crippen molar-refractivity contribution >= 4 is 39.7 Å². The van der Waals surface area contributed by atoms with Crippen molar-refractivity contribution in [1.29, 1.82) is 0 Å². The molecule has 4 aromatic rings. The van der Waals surface area contributed by atoms with E-state index in [2.05, 4.69) is 70.9 Å². The first-order valence-corrected chi connectivity index (χ1v) is 13.4. The lowest BCUT2D eigenvalue weighted by Crippen LogP contribution is -2.25. The van der Waals surface area contributed by atoms with Crippen LogP contribution in [0, 0.1) is 0 Å². The average Bonchev–Trinajstić information content (AvgIpc) is 3.57. The number of nitrogens with zero attached hydrogens (tertiary/aromatic N) is 1. The molecule has 1 aromatic heterocycles. The number of carbonyl (C=O) groups excluding carboxylic acids is 1. The number of likely N-dealkylation sites (tertiary alicyclic amines) is 1. The highest BCUT2D eigenvalue weighted by molar-refractivity contribution is 7.22. The van der Waals surface area contributed by atoms with Gasteiger partial charge in [0.1, 0.15) is 18.1 Å². The van der Waals surface area contributed by atoms with Gasteiger partial charge in [-0.05, 0) is 96.9 Å². The van der Waals surface area contributed by atoms with Gasteiger partial charge >= 0.3 is 0 Å². The summed E-state index contributed by atoms with van der Waals surface area (Å²) in [4.78, 5) is 15.2. The average molecular weight is 537 g/mol. The topological polar surface area (TPSA) is 50.8 Å². The highest BCUT2D eigenvalue weighted by Crippen LogP contribution is 2.40. The zero-order valence-electron chi connectivity index (χ0n) is 21.1. The molecule has 1 saturated heterocycles. The van der Waals surface area contributed by atoms with Crippen molar-refractivity contribution in [2.24, 2.45) is 0 Å². The van der Waals surface area contributed by atoms with Crippen LogP contribution in [0.4, 0.5) is 0 Å². The van der Waals surface area contributed by atoms with E-state index in [1.165, 1.54) is 57.6 Å². The van der Waals surface area contributed by atoms with Gasteiger partial charge in [0.05, 0.1) is 0 Å². The molecule has 1 aliphatic heterocycles. The van der Waals surface area contributed by atoms with Gasteiger partial charge in [0.25, 0.3) is 5.91 Å². The number of fused-ring (bicyclic) bond motifs is 1. The van der Waals surface area contributed by atoms with Gasteiger partial charge in [-0.15, -0.1) is 23.7 Å². The predicted octanol–water partition coefficient (Wildman–Crippen LogP) is 6.18. The van der Waals surface area contributed by atoms with E-state index in [1.807, 2.05) is 23.5 Å². The number of thiophene rings is 1. The zero-order valence-corrected chi connectivity index (χ0v) is 22.7. The van der Waals surface area contributed by atoms with E-state index in [0.717, 1.165) is 25.3 Å². The smallest absolute Gasteiger partial charge is 0.257 e. The van der Waals surface area contributed by atoms with Crippen LogP contribution in [0.15, 0.2) is 72.8 Å². The van der Waals surface area contributed by atoms with Crippen molar-refractivity contribution in [2.45, 2.75) is 19.3 Å². The molecule has 194 valence electrons. The summed E-state index contributed by atoms with van der Waals surface area (Å²) in [6.07, 6.45) is 3.44. The summed E-state index contributed by atoms with van der Waals surface area (Å²) in [5, 5.41) is 3.86. The number of carbonyl (C=O) groups is 1. The van der Waals surface area contributed by atoms with Crippen LogP contribution in [-0.4, -0.2) is 50.7 Å². The number of rotatable bonds is 10. The Morgan fingerprint density at radius 3 is 2.32 bits per heavy atom. The molecule has 0 bridgehead atoms. The maximum absolute atomic E-state index is 11.4. The Balaban J connectivity index is 0.00000320. The van der Waals surface area contributed by atoms with Gasteiger partial charge in [0.15, 0.2) is 6.61 Å². The largest absolute Gasteiger partial charge is 0.492 e. The molecule has 2 heterocycles. The Bertz CT molecular complexity index is 1300. The van der Waals surface area contributed by atoms with Crippen molar-refractivity contribution < 1.29 is 14.3 Å². The number of nitrogens with one attached hydrogen (secondary N) is 1. The van der Waals surface area contributed by atoms with Gasteiger partial charge in [-0.2, -0.15) is 0 Å². The molecule has 0 atom stereocenters. The molecule has 0 saturated carbocycles. The molecule has 1 amide bonds. The summed E-state index contributed by atoms with van der Waals surface area (Å²) in [5.41, 5.74) is 3.75. The molecule has 0 spiro atoms. The van der Waals surface area contributed by atoms with Crippen molar-refractivity contribution in [3.05, 3.63) is 83.9 Å². The Morgan fingerprint density at radius 2 is 1.59 bits per heavy atom. The Labute approximate surface area is 228 Å². The van der Waals surface area contributed by atoms with Crippen LogP contribution >= 0.6 is 23.7 Å². The third kappa shape index (κ3) is 6.83.